The highest BCUT2D eigenvalue weighted by molar-refractivity contribution is 6.30. The maximum atomic E-state index is 11.6. The molecule has 6 nitrogen and oxygen atoms in total. The van der Waals surface area contributed by atoms with Crippen molar-refractivity contribution in [2.75, 3.05) is 6.54 Å². The Hall–Kier alpha value is -1.79. The SMILES string of the molecule is CC(NC(=O)NCC(C)(O)C(=O)O)c1ccc(Cl)cc1. The maximum Gasteiger partial charge on any atom is 0.337 e. The first-order valence-corrected chi connectivity index (χ1v) is 6.36. The lowest BCUT2D eigenvalue weighted by molar-refractivity contribution is -0.155. The Morgan fingerprint density at radius 1 is 1.35 bits per heavy atom. The van der Waals surface area contributed by atoms with Crippen LogP contribution in [0.5, 0.6) is 0 Å². The molecule has 0 aliphatic carbocycles. The Kier molecular flexibility index (Phi) is 5.35. The van der Waals surface area contributed by atoms with Gasteiger partial charge in [0.15, 0.2) is 5.60 Å². The van der Waals surface area contributed by atoms with Crippen LogP contribution in [0.4, 0.5) is 4.79 Å². The molecule has 2 atom stereocenters. The van der Waals surface area contributed by atoms with E-state index in [1.54, 1.807) is 31.2 Å². The van der Waals surface area contributed by atoms with Crippen molar-refractivity contribution in [1.29, 1.82) is 0 Å². The van der Waals surface area contributed by atoms with Crippen LogP contribution in [0.3, 0.4) is 0 Å². The third-order valence-corrected chi connectivity index (χ3v) is 3.02. The molecule has 4 N–H and O–H groups in total. The zero-order chi connectivity index (χ0) is 15.3. The fourth-order valence-corrected chi connectivity index (χ4v) is 1.54. The van der Waals surface area contributed by atoms with Gasteiger partial charge in [-0.25, -0.2) is 9.59 Å². The van der Waals surface area contributed by atoms with E-state index in [1.807, 2.05) is 0 Å². The zero-order valence-corrected chi connectivity index (χ0v) is 11.9. The van der Waals surface area contributed by atoms with Gasteiger partial charge in [-0.3, -0.25) is 0 Å². The molecule has 7 heteroatoms. The molecule has 0 bridgehead atoms. The van der Waals surface area contributed by atoms with Crippen LogP contribution >= 0.6 is 11.6 Å². The number of hydrogen-bond donors (Lipinski definition) is 4. The molecule has 0 saturated carbocycles. The topological polar surface area (TPSA) is 98.7 Å². The molecule has 0 aliphatic heterocycles. The molecule has 0 aliphatic rings. The predicted octanol–water partition coefficient (Wildman–Crippen LogP) is 1.54. The van der Waals surface area contributed by atoms with Crippen molar-refractivity contribution in [3.63, 3.8) is 0 Å². The standard InChI is InChI=1S/C13H17ClN2O4/c1-8(9-3-5-10(14)6-4-9)16-12(19)15-7-13(2,20)11(17)18/h3-6,8,20H,7H2,1-2H3,(H,17,18)(H2,15,16,19). The van der Waals surface area contributed by atoms with Gasteiger partial charge in [-0.05, 0) is 31.5 Å². The smallest absolute Gasteiger partial charge is 0.337 e. The van der Waals surface area contributed by atoms with Crippen molar-refractivity contribution in [2.24, 2.45) is 0 Å². The molecule has 1 aromatic carbocycles. The lowest BCUT2D eigenvalue weighted by Gasteiger charge is -2.20. The van der Waals surface area contributed by atoms with Gasteiger partial charge in [0.1, 0.15) is 0 Å². The summed E-state index contributed by atoms with van der Waals surface area (Å²) in [6.45, 7) is 2.50. The van der Waals surface area contributed by atoms with Crippen molar-refractivity contribution >= 4 is 23.6 Å². The summed E-state index contributed by atoms with van der Waals surface area (Å²) in [7, 11) is 0. The third-order valence-electron chi connectivity index (χ3n) is 2.77. The van der Waals surface area contributed by atoms with Crippen LogP contribution in [-0.2, 0) is 4.79 Å². The second-order valence-corrected chi connectivity index (χ2v) is 5.12. The van der Waals surface area contributed by atoms with Crippen LogP contribution in [-0.4, -0.2) is 34.4 Å². The van der Waals surface area contributed by atoms with E-state index >= 15 is 0 Å². The van der Waals surface area contributed by atoms with E-state index in [0.29, 0.717) is 5.02 Å². The van der Waals surface area contributed by atoms with Gasteiger partial charge in [-0.2, -0.15) is 0 Å². The maximum absolute atomic E-state index is 11.6. The van der Waals surface area contributed by atoms with Gasteiger partial charge in [0.2, 0.25) is 0 Å². The Morgan fingerprint density at radius 2 is 1.90 bits per heavy atom. The number of urea groups is 1. The molecule has 0 aromatic heterocycles. The molecule has 1 rings (SSSR count). The summed E-state index contributed by atoms with van der Waals surface area (Å²) in [5, 5.41) is 23.7. The van der Waals surface area contributed by atoms with Gasteiger partial charge in [0, 0.05) is 5.02 Å². The predicted molar refractivity (Wildman–Crippen MR) is 74.7 cm³/mol. The molecule has 0 spiro atoms. The molecule has 110 valence electrons. The van der Waals surface area contributed by atoms with E-state index in [9.17, 15) is 14.7 Å². The van der Waals surface area contributed by atoms with Crippen LogP contribution in [0.25, 0.3) is 0 Å². The monoisotopic (exact) mass is 300 g/mol. The number of benzene rings is 1. The number of nitrogens with one attached hydrogen (secondary N) is 2. The van der Waals surface area contributed by atoms with Gasteiger partial charge in [-0.1, -0.05) is 23.7 Å². The van der Waals surface area contributed by atoms with Crippen LogP contribution in [0, 0.1) is 0 Å². The Morgan fingerprint density at radius 3 is 2.40 bits per heavy atom. The Bertz CT molecular complexity index is 488. The summed E-state index contributed by atoms with van der Waals surface area (Å²) in [4.78, 5) is 22.3. The van der Waals surface area contributed by atoms with Crippen molar-refractivity contribution < 1.29 is 19.8 Å². The van der Waals surface area contributed by atoms with Gasteiger partial charge in [-0.15, -0.1) is 0 Å². The van der Waals surface area contributed by atoms with Crippen LogP contribution in [0.2, 0.25) is 5.02 Å². The number of aliphatic carboxylic acids is 1. The zero-order valence-electron chi connectivity index (χ0n) is 11.2. The minimum atomic E-state index is -2.00. The Balaban J connectivity index is 2.50. The number of aliphatic hydroxyl groups is 1. The van der Waals surface area contributed by atoms with E-state index < -0.39 is 17.6 Å². The van der Waals surface area contributed by atoms with E-state index in [2.05, 4.69) is 10.6 Å². The van der Waals surface area contributed by atoms with Crippen molar-refractivity contribution in [2.45, 2.75) is 25.5 Å². The molecule has 0 saturated heterocycles. The number of amides is 2. The highest BCUT2D eigenvalue weighted by Gasteiger charge is 2.30. The lowest BCUT2D eigenvalue weighted by atomic mass is 10.1. The highest BCUT2D eigenvalue weighted by atomic mass is 35.5. The quantitative estimate of drug-likeness (QED) is 0.663. The van der Waals surface area contributed by atoms with Gasteiger partial charge in [0.05, 0.1) is 12.6 Å². The van der Waals surface area contributed by atoms with E-state index in [-0.39, 0.29) is 12.6 Å². The molecule has 20 heavy (non-hydrogen) atoms. The fraction of sp³-hybridized carbons (Fsp3) is 0.385. The molecular formula is C13H17ClN2O4. The van der Waals surface area contributed by atoms with Crippen molar-refractivity contribution in [3.8, 4) is 0 Å². The molecule has 1 aromatic rings. The van der Waals surface area contributed by atoms with Crippen LogP contribution in [0.15, 0.2) is 24.3 Å². The second kappa shape index (κ2) is 6.58. The van der Waals surface area contributed by atoms with Crippen molar-refractivity contribution in [1.82, 2.24) is 10.6 Å². The average molecular weight is 301 g/mol. The summed E-state index contributed by atoms with van der Waals surface area (Å²) in [5.41, 5.74) is -1.14. The summed E-state index contributed by atoms with van der Waals surface area (Å²) < 4.78 is 0. The molecule has 2 amide bonds. The van der Waals surface area contributed by atoms with E-state index in [1.165, 1.54) is 0 Å². The average Bonchev–Trinajstić information content (AvgIpc) is 2.37. The Labute approximate surface area is 121 Å². The first-order chi connectivity index (χ1) is 9.22. The molecule has 0 heterocycles. The third kappa shape index (κ3) is 4.71. The van der Waals surface area contributed by atoms with Crippen LogP contribution in [0.1, 0.15) is 25.5 Å². The minimum Gasteiger partial charge on any atom is -0.479 e. The number of carbonyl (C=O) groups is 2. The first-order valence-electron chi connectivity index (χ1n) is 5.98. The van der Waals surface area contributed by atoms with E-state index in [4.69, 9.17) is 16.7 Å². The first kappa shape index (κ1) is 16.3. The summed E-state index contributed by atoms with van der Waals surface area (Å²) in [5.74, 6) is -1.40. The number of carboxylic acid groups (broad SMARTS) is 1. The normalized spacial score (nSPS) is 15.0. The fourth-order valence-electron chi connectivity index (χ4n) is 1.41. The number of halogens is 1. The minimum absolute atomic E-state index is 0.276. The van der Waals surface area contributed by atoms with Gasteiger partial charge < -0.3 is 20.8 Å². The summed E-state index contributed by atoms with van der Waals surface area (Å²) in [6, 6.07) is 6.14. The molecule has 2 unspecified atom stereocenters. The molecule has 0 radical (unpaired) electrons. The molecule has 0 fully saturated rings. The van der Waals surface area contributed by atoms with Crippen molar-refractivity contribution in [3.05, 3.63) is 34.9 Å². The lowest BCUT2D eigenvalue weighted by Crippen LogP contribution is -2.49. The summed E-state index contributed by atoms with van der Waals surface area (Å²) in [6.07, 6.45) is 0. The van der Waals surface area contributed by atoms with Crippen LogP contribution < -0.4 is 10.6 Å². The highest BCUT2D eigenvalue weighted by Crippen LogP contribution is 2.15. The number of rotatable bonds is 5. The number of hydrogen-bond acceptors (Lipinski definition) is 3. The second-order valence-electron chi connectivity index (χ2n) is 4.68. The van der Waals surface area contributed by atoms with E-state index in [0.717, 1.165) is 12.5 Å². The largest absolute Gasteiger partial charge is 0.479 e. The number of carbonyl (C=O) groups excluding carboxylic acids is 1. The van der Waals surface area contributed by atoms with Gasteiger partial charge >= 0.3 is 12.0 Å². The number of carboxylic acids is 1. The summed E-state index contributed by atoms with van der Waals surface area (Å²) >= 11 is 5.77. The molecular weight excluding hydrogens is 284 g/mol. The van der Waals surface area contributed by atoms with Gasteiger partial charge in [0.25, 0.3) is 0 Å².